The first-order valence-corrected chi connectivity index (χ1v) is 8.97. The summed E-state index contributed by atoms with van der Waals surface area (Å²) >= 11 is 6.25. The van der Waals surface area contributed by atoms with Gasteiger partial charge in [-0.1, -0.05) is 11.6 Å². The van der Waals surface area contributed by atoms with Gasteiger partial charge in [0.1, 0.15) is 0 Å². The molecule has 1 spiro atoms. The van der Waals surface area contributed by atoms with Crippen LogP contribution >= 0.6 is 11.6 Å². The van der Waals surface area contributed by atoms with Crippen molar-refractivity contribution in [1.29, 1.82) is 0 Å². The largest absolute Gasteiger partial charge is 0.338 e. The number of hydrogen-bond acceptors (Lipinski definition) is 3. The van der Waals surface area contributed by atoms with Gasteiger partial charge in [-0.15, -0.1) is 0 Å². The molecule has 1 amide bonds. The third-order valence-electron chi connectivity index (χ3n) is 5.72. The molecular weight excluding hydrogens is 322 g/mol. The second kappa shape index (κ2) is 6.01. The molecular formula is C19H22ClN3O. The molecule has 1 aromatic heterocycles. The summed E-state index contributed by atoms with van der Waals surface area (Å²) in [7, 11) is 2.18. The highest BCUT2D eigenvalue weighted by Gasteiger charge is 2.41. The fourth-order valence-corrected chi connectivity index (χ4v) is 4.31. The smallest absolute Gasteiger partial charge is 0.256 e. The molecule has 24 heavy (non-hydrogen) atoms. The summed E-state index contributed by atoms with van der Waals surface area (Å²) in [5.41, 5.74) is 1.69. The van der Waals surface area contributed by atoms with Gasteiger partial charge < -0.3 is 9.80 Å². The number of amides is 1. The number of aromatic nitrogens is 1. The molecule has 0 N–H and O–H groups in total. The zero-order chi connectivity index (χ0) is 16.7. The molecule has 2 aliphatic rings. The molecule has 0 bridgehead atoms. The standard InChI is InChI=1S/C19H22ClN3O/c1-22-10-6-19(7-11-22)8-12-23(13-19)18(24)15-4-5-16(20)14-3-2-9-21-17(14)15/h2-5,9H,6-8,10-13H2,1H3. The Hall–Kier alpha value is -1.65. The Balaban J connectivity index is 1.60. The lowest BCUT2D eigenvalue weighted by atomic mass is 9.78. The van der Waals surface area contributed by atoms with Gasteiger partial charge in [-0.05, 0) is 69.1 Å². The molecule has 0 atom stereocenters. The molecule has 2 aromatic rings. The van der Waals surface area contributed by atoms with Crippen molar-refractivity contribution in [2.75, 3.05) is 33.2 Å². The Morgan fingerprint density at radius 3 is 2.71 bits per heavy atom. The van der Waals surface area contributed by atoms with Gasteiger partial charge in [0.15, 0.2) is 0 Å². The molecule has 0 aliphatic carbocycles. The lowest BCUT2D eigenvalue weighted by Gasteiger charge is -2.37. The number of fused-ring (bicyclic) bond motifs is 1. The minimum absolute atomic E-state index is 0.0890. The molecule has 3 heterocycles. The lowest BCUT2D eigenvalue weighted by Crippen LogP contribution is -2.40. The fraction of sp³-hybridized carbons (Fsp3) is 0.474. The van der Waals surface area contributed by atoms with Gasteiger partial charge in [-0.25, -0.2) is 0 Å². The van der Waals surface area contributed by atoms with E-state index in [2.05, 4.69) is 16.9 Å². The predicted octanol–water partition coefficient (Wildman–Crippen LogP) is 3.45. The zero-order valence-corrected chi connectivity index (χ0v) is 14.7. The van der Waals surface area contributed by atoms with Gasteiger partial charge in [0, 0.05) is 24.7 Å². The number of carbonyl (C=O) groups is 1. The summed E-state index contributed by atoms with van der Waals surface area (Å²) in [5, 5.41) is 1.49. The van der Waals surface area contributed by atoms with Gasteiger partial charge in [0.25, 0.3) is 5.91 Å². The van der Waals surface area contributed by atoms with E-state index in [0.29, 0.717) is 21.5 Å². The van der Waals surface area contributed by atoms with E-state index in [0.717, 1.165) is 38.0 Å². The molecule has 5 heteroatoms. The van der Waals surface area contributed by atoms with Crippen LogP contribution in [-0.4, -0.2) is 53.9 Å². The van der Waals surface area contributed by atoms with Crippen LogP contribution in [0.2, 0.25) is 5.02 Å². The molecule has 0 radical (unpaired) electrons. The number of benzene rings is 1. The van der Waals surface area contributed by atoms with Crippen LogP contribution in [0.1, 0.15) is 29.6 Å². The molecule has 0 unspecified atom stereocenters. The van der Waals surface area contributed by atoms with Crippen molar-refractivity contribution in [2.24, 2.45) is 5.41 Å². The van der Waals surface area contributed by atoms with Gasteiger partial charge >= 0.3 is 0 Å². The van der Waals surface area contributed by atoms with Crippen molar-refractivity contribution in [2.45, 2.75) is 19.3 Å². The quantitative estimate of drug-likeness (QED) is 0.795. The first-order chi connectivity index (χ1) is 11.6. The maximum absolute atomic E-state index is 13.1. The van der Waals surface area contributed by atoms with Crippen LogP contribution in [0.15, 0.2) is 30.5 Å². The van der Waals surface area contributed by atoms with E-state index in [4.69, 9.17) is 11.6 Å². The highest BCUT2D eigenvalue weighted by Crippen LogP contribution is 2.40. The van der Waals surface area contributed by atoms with Crippen LogP contribution in [0.4, 0.5) is 0 Å². The van der Waals surface area contributed by atoms with Crippen molar-refractivity contribution in [3.8, 4) is 0 Å². The second-order valence-corrected chi connectivity index (χ2v) is 7.68. The summed E-state index contributed by atoms with van der Waals surface area (Å²) in [6.45, 7) is 3.98. The first-order valence-electron chi connectivity index (χ1n) is 8.59. The van der Waals surface area contributed by atoms with Gasteiger partial charge in [0.2, 0.25) is 0 Å². The van der Waals surface area contributed by atoms with Crippen LogP contribution in [0.5, 0.6) is 0 Å². The molecule has 4 nitrogen and oxygen atoms in total. The molecule has 1 aromatic carbocycles. The number of nitrogens with zero attached hydrogens (tertiary/aromatic N) is 3. The third-order valence-corrected chi connectivity index (χ3v) is 6.05. The number of rotatable bonds is 1. The summed E-state index contributed by atoms with van der Waals surface area (Å²) in [6.07, 6.45) is 5.21. The van der Waals surface area contributed by atoms with Gasteiger partial charge in [0.05, 0.1) is 16.1 Å². The summed E-state index contributed by atoms with van der Waals surface area (Å²) in [6, 6.07) is 7.40. The Labute approximate surface area is 147 Å². The van der Waals surface area contributed by atoms with Crippen LogP contribution < -0.4 is 0 Å². The SMILES string of the molecule is CN1CCC2(CC1)CCN(C(=O)c1ccc(Cl)c3cccnc13)C2. The molecule has 2 saturated heterocycles. The summed E-state index contributed by atoms with van der Waals surface area (Å²) in [4.78, 5) is 21.9. The number of halogens is 1. The number of piperidine rings is 1. The maximum Gasteiger partial charge on any atom is 0.256 e. The summed E-state index contributed by atoms with van der Waals surface area (Å²) < 4.78 is 0. The van der Waals surface area contributed by atoms with Gasteiger partial charge in [-0.2, -0.15) is 0 Å². The van der Waals surface area contributed by atoms with E-state index in [-0.39, 0.29) is 5.91 Å². The minimum Gasteiger partial charge on any atom is -0.338 e. The third kappa shape index (κ3) is 2.68. The van der Waals surface area contributed by atoms with Crippen LogP contribution in [0.3, 0.4) is 0 Å². The Bertz CT molecular complexity index is 783. The predicted molar refractivity (Wildman–Crippen MR) is 96.4 cm³/mol. The first kappa shape index (κ1) is 15.9. The van der Waals surface area contributed by atoms with Crippen molar-refractivity contribution in [3.05, 3.63) is 41.0 Å². The van der Waals surface area contributed by atoms with Crippen molar-refractivity contribution in [3.63, 3.8) is 0 Å². The normalized spacial score (nSPS) is 20.8. The number of hydrogen-bond donors (Lipinski definition) is 0. The average Bonchev–Trinajstić information content (AvgIpc) is 3.02. The molecule has 2 fully saturated rings. The van der Waals surface area contributed by atoms with Crippen molar-refractivity contribution in [1.82, 2.24) is 14.8 Å². The molecule has 2 aliphatic heterocycles. The molecule has 0 saturated carbocycles. The fourth-order valence-electron chi connectivity index (χ4n) is 4.09. The van der Waals surface area contributed by atoms with E-state index in [9.17, 15) is 4.79 Å². The number of likely N-dealkylation sites (tertiary alicyclic amines) is 2. The number of carbonyl (C=O) groups excluding carboxylic acids is 1. The van der Waals surface area contributed by atoms with Crippen molar-refractivity contribution < 1.29 is 4.79 Å². The highest BCUT2D eigenvalue weighted by molar-refractivity contribution is 6.36. The average molecular weight is 344 g/mol. The van der Waals surface area contributed by atoms with E-state index in [1.165, 1.54) is 12.8 Å². The zero-order valence-electron chi connectivity index (χ0n) is 14.0. The lowest BCUT2D eigenvalue weighted by molar-refractivity contribution is 0.0738. The topological polar surface area (TPSA) is 36.4 Å². The van der Waals surface area contributed by atoms with Crippen LogP contribution in [0.25, 0.3) is 10.9 Å². The highest BCUT2D eigenvalue weighted by atomic mass is 35.5. The second-order valence-electron chi connectivity index (χ2n) is 7.27. The Kier molecular flexibility index (Phi) is 3.97. The van der Waals surface area contributed by atoms with Crippen molar-refractivity contribution >= 4 is 28.4 Å². The monoisotopic (exact) mass is 343 g/mol. The molecule has 4 rings (SSSR count). The van der Waals surface area contributed by atoms with Crippen LogP contribution in [-0.2, 0) is 0 Å². The van der Waals surface area contributed by atoms with Gasteiger partial charge in [-0.3, -0.25) is 9.78 Å². The van der Waals surface area contributed by atoms with E-state index in [1.807, 2.05) is 23.1 Å². The molecule has 126 valence electrons. The Morgan fingerprint density at radius 1 is 1.17 bits per heavy atom. The maximum atomic E-state index is 13.1. The summed E-state index contributed by atoms with van der Waals surface area (Å²) in [5.74, 6) is 0.0890. The van der Waals surface area contributed by atoms with E-state index >= 15 is 0 Å². The van der Waals surface area contributed by atoms with E-state index < -0.39 is 0 Å². The van der Waals surface area contributed by atoms with E-state index in [1.54, 1.807) is 12.3 Å². The Morgan fingerprint density at radius 2 is 1.92 bits per heavy atom. The minimum atomic E-state index is 0.0890. The van der Waals surface area contributed by atoms with Crippen LogP contribution in [0, 0.1) is 5.41 Å². The number of pyridine rings is 1.